The van der Waals surface area contributed by atoms with Crippen molar-refractivity contribution >= 4 is 17.9 Å². The molecule has 1 atom stereocenters. The minimum absolute atomic E-state index is 0.145. The third kappa shape index (κ3) is 4.24. The van der Waals surface area contributed by atoms with Crippen LogP contribution in [0.1, 0.15) is 28.1 Å². The van der Waals surface area contributed by atoms with Crippen molar-refractivity contribution in [3.8, 4) is 17.1 Å². The summed E-state index contributed by atoms with van der Waals surface area (Å²) in [6, 6.07) is 17.2. The molecule has 1 aliphatic rings. The van der Waals surface area contributed by atoms with Crippen LogP contribution in [0.3, 0.4) is 0 Å². The zero-order valence-corrected chi connectivity index (χ0v) is 15.4. The van der Waals surface area contributed by atoms with Crippen molar-refractivity contribution in [3.63, 3.8) is 0 Å². The summed E-state index contributed by atoms with van der Waals surface area (Å²) >= 11 is 6.39. The van der Waals surface area contributed by atoms with Crippen LogP contribution in [-0.2, 0) is 11.2 Å². The molecule has 2 heterocycles. The van der Waals surface area contributed by atoms with Crippen molar-refractivity contribution in [1.29, 1.82) is 0 Å². The van der Waals surface area contributed by atoms with Crippen molar-refractivity contribution in [2.45, 2.75) is 18.9 Å². The van der Waals surface area contributed by atoms with E-state index in [-0.39, 0.29) is 6.10 Å². The van der Waals surface area contributed by atoms with E-state index in [1.54, 1.807) is 12.1 Å². The number of hydrogen-bond donors (Lipinski definition) is 0. The molecule has 1 aromatic heterocycles. The van der Waals surface area contributed by atoms with Gasteiger partial charge in [-0.15, -0.1) is 0 Å². The Morgan fingerprint density at radius 2 is 1.96 bits per heavy atom. The third-order valence-electron chi connectivity index (χ3n) is 4.58. The van der Waals surface area contributed by atoms with Crippen LogP contribution >= 0.6 is 11.6 Å². The SMILES string of the molecule is O=Cc1ccc(-c2ccc(Cl)c(Cc3ccc(O[C@H]4CCOC4)cc3)c2)o1. The summed E-state index contributed by atoms with van der Waals surface area (Å²) in [6.45, 7) is 1.42. The van der Waals surface area contributed by atoms with Crippen LogP contribution in [-0.4, -0.2) is 25.6 Å². The summed E-state index contributed by atoms with van der Waals surface area (Å²) in [5.74, 6) is 1.81. The average Bonchev–Trinajstić information content (AvgIpc) is 3.37. The minimum Gasteiger partial charge on any atom is -0.488 e. The first-order valence-corrected chi connectivity index (χ1v) is 9.26. The zero-order chi connectivity index (χ0) is 18.6. The monoisotopic (exact) mass is 382 g/mol. The second-order valence-electron chi connectivity index (χ2n) is 6.55. The Kier molecular flexibility index (Phi) is 5.28. The van der Waals surface area contributed by atoms with Crippen LogP contribution in [0, 0.1) is 0 Å². The number of carbonyl (C=O) groups is 1. The maximum atomic E-state index is 10.8. The second kappa shape index (κ2) is 7.99. The number of halogens is 1. The van der Waals surface area contributed by atoms with Gasteiger partial charge in [0.15, 0.2) is 12.0 Å². The van der Waals surface area contributed by atoms with Crippen LogP contribution in [0.15, 0.2) is 59.0 Å². The number of carbonyl (C=O) groups excluding carboxylic acids is 1. The second-order valence-corrected chi connectivity index (χ2v) is 6.96. The van der Waals surface area contributed by atoms with Crippen LogP contribution in [0.2, 0.25) is 5.02 Å². The molecule has 0 bridgehead atoms. The fourth-order valence-corrected chi connectivity index (χ4v) is 3.32. The number of rotatable bonds is 6. The lowest BCUT2D eigenvalue weighted by molar-refractivity contribution is 0.110. The smallest absolute Gasteiger partial charge is 0.185 e. The normalized spacial score (nSPS) is 16.4. The molecule has 0 N–H and O–H groups in total. The highest BCUT2D eigenvalue weighted by Crippen LogP contribution is 2.28. The first-order valence-electron chi connectivity index (χ1n) is 8.88. The van der Waals surface area contributed by atoms with Crippen LogP contribution in [0.4, 0.5) is 0 Å². The topological polar surface area (TPSA) is 48.7 Å². The highest BCUT2D eigenvalue weighted by molar-refractivity contribution is 6.31. The van der Waals surface area contributed by atoms with E-state index in [2.05, 4.69) is 0 Å². The molecule has 0 spiro atoms. The molecule has 2 aromatic carbocycles. The van der Waals surface area contributed by atoms with E-state index in [0.29, 0.717) is 35.9 Å². The standard InChI is InChI=1S/C22H19ClO4/c23-21-7-3-16(22-8-6-19(13-24)27-22)12-17(21)11-15-1-4-18(5-2-15)26-20-9-10-25-14-20/h1-8,12-13,20H,9-11,14H2/t20-/m0/s1. The Morgan fingerprint density at radius 3 is 2.67 bits per heavy atom. The Hall–Kier alpha value is -2.56. The summed E-state index contributed by atoms with van der Waals surface area (Å²) in [5, 5.41) is 0.698. The maximum Gasteiger partial charge on any atom is 0.185 e. The summed E-state index contributed by atoms with van der Waals surface area (Å²) in [6.07, 6.45) is 2.47. The molecule has 138 valence electrons. The van der Waals surface area contributed by atoms with Crippen molar-refractivity contribution < 1.29 is 18.7 Å². The predicted octanol–water partition coefficient (Wildman–Crippen LogP) is 5.17. The molecule has 3 aromatic rings. The summed E-state index contributed by atoms with van der Waals surface area (Å²) < 4.78 is 16.7. The number of benzene rings is 2. The van der Waals surface area contributed by atoms with Gasteiger partial charge in [0.1, 0.15) is 17.6 Å². The third-order valence-corrected chi connectivity index (χ3v) is 4.95. The van der Waals surface area contributed by atoms with E-state index in [4.69, 9.17) is 25.5 Å². The highest BCUT2D eigenvalue weighted by atomic mass is 35.5. The fraction of sp³-hybridized carbons (Fsp3) is 0.227. The van der Waals surface area contributed by atoms with Gasteiger partial charge in [0.2, 0.25) is 0 Å². The lowest BCUT2D eigenvalue weighted by Gasteiger charge is -2.12. The minimum atomic E-state index is 0.145. The first kappa shape index (κ1) is 17.8. The van der Waals surface area contributed by atoms with E-state index in [1.807, 2.05) is 42.5 Å². The molecule has 0 unspecified atom stereocenters. The maximum absolute atomic E-state index is 10.8. The van der Waals surface area contributed by atoms with Gasteiger partial charge in [0, 0.05) is 17.0 Å². The molecule has 0 aliphatic carbocycles. The molecule has 4 rings (SSSR count). The van der Waals surface area contributed by atoms with Crippen molar-refractivity contribution in [2.24, 2.45) is 0 Å². The zero-order valence-electron chi connectivity index (χ0n) is 14.7. The first-order chi connectivity index (χ1) is 13.2. The molecule has 0 radical (unpaired) electrons. The van der Waals surface area contributed by atoms with E-state index in [1.165, 1.54) is 0 Å². The van der Waals surface area contributed by atoms with E-state index in [0.717, 1.165) is 35.5 Å². The Balaban J connectivity index is 1.49. The summed E-state index contributed by atoms with van der Waals surface area (Å²) in [5.41, 5.74) is 3.02. The van der Waals surface area contributed by atoms with E-state index in [9.17, 15) is 4.79 Å². The van der Waals surface area contributed by atoms with Crippen LogP contribution in [0.25, 0.3) is 11.3 Å². The molecule has 4 nitrogen and oxygen atoms in total. The summed E-state index contributed by atoms with van der Waals surface area (Å²) in [4.78, 5) is 10.8. The Morgan fingerprint density at radius 1 is 1.11 bits per heavy atom. The number of hydrogen-bond acceptors (Lipinski definition) is 4. The van der Waals surface area contributed by atoms with Crippen molar-refractivity contribution in [1.82, 2.24) is 0 Å². The van der Waals surface area contributed by atoms with Crippen LogP contribution < -0.4 is 4.74 Å². The van der Waals surface area contributed by atoms with Gasteiger partial charge in [-0.2, -0.15) is 0 Å². The lowest BCUT2D eigenvalue weighted by atomic mass is 10.0. The van der Waals surface area contributed by atoms with Gasteiger partial charge in [-0.3, -0.25) is 4.79 Å². The van der Waals surface area contributed by atoms with Crippen molar-refractivity contribution in [3.05, 3.63) is 76.5 Å². The molecule has 1 saturated heterocycles. The lowest BCUT2D eigenvalue weighted by Crippen LogP contribution is -2.15. The van der Waals surface area contributed by atoms with Gasteiger partial charge in [0.05, 0.1) is 13.2 Å². The van der Waals surface area contributed by atoms with Gasteiger partial charge in [-0.1, -0.05) is 23.7 Å². The number of aldehydes is 1. The molecule has 5 heteroatoms. The molecule has 1 fully saturated rings. The molecular formula is C22H19ClO4. The Labute approximate surface area is 162 Å². The largest absolute Gasteiger partial charge is 0.488 e. The van der Waals surface area contributed by atoms with E-state index < -0.39 is 0 Å². The summed E-state index contributed by atoms with van der Waals surface area (Å²) in [7, 11) is 0. The van der Waals surface area contributed by atoms with Gasteiger partial charge >= 0.3 is 0 Å². The highest BCUT2D eigenvalue weighted by Gasteiger charge is 2.17. The number of ether oxygens (including phenoxy) is 2. The van der Waals surface area contributed by atoms with Gasteiger partial charge in [-0.25, -0.2) is 0 Å². The van der Waals surface area contributed by atoms with Gasteiger partial charge < -0.3 is 13.9 Å². The molecule has 27 heavy (non-hydrogen) atoms. The fourth-order valence-electron chi connectivity index (χ4n) is 3.14. The predicted molar refractivity (Wildman–Crippen MR) is 104 cm³/mol. The quantitative estimate of drug-likeness (QED) is 0.552. The van der Waals surface area contributed by atoms with Crippen molar-refractivity contribution in [2.75, 3.05) is 13.2 Å². The molecule has 0 saturated carbocycles. The molecule has 1 aliphatic heterocycles. The average molecular weight is 383 g/mol. The Bertz CT molecular complexity index is 924. The van der Waals surface area contributed by atoms with Gasteiger partial charge in [0.25, 0.3) is 0 Å². The molecular weight excluding hydrogens is 364 g/mol. The molecule has 0 amide bonds. The van der Waals surface area contributed by atoms with Crippen LogP contribution in [0.5, 0.6) is 5.75 Å². The number of furan rings is 1. The van der Waals surface area contributed by atoms with E-state index >= 15 is 0 Å². The van der Waals surface area contributed by atoms with Gasteiger partial charge in [-0.05, 0) is 60.0 Å².